The maximum Gasteiger partial charge on any atom is 0.126 e. The van der Waals surface area contributed by atoms with Gasteiger partial charge in [0.25, 0.3) is 0 Å². The largest absolute Gasteiger partial charge is 0.397 e. The predicted octanol–water partition coefficient (Wildman–Crippen LogP) is 0.782. The number of nitrogens with zero attached hydrogens (tertiary/aromatic N) is 1. The fourth-order valence-corrected chi connectivity index (χ4v) is 1.42. The van der Waals surface area contributed by atoms with Crippen LogP contribution in [0.15, 0.2) is 12.1 Å². The molecule has 0 aliphatic heterocycles. The second kappa shape index (κ2) is 6.30. The second-order valence-electron chi connectivity index (χ2n) is 3.68. The van der Waals surface area contributed by atoms with Gasteiger partial charge in [0.2, 0.25) is 0 Å². The van der Waals surface area contributed by atoms with Crippen molar-refractivity contribution in [3.05, 3.63) is 17.8 Å². The van der Waals surface area contributed by atoms with E-state index in [-0.39, 0.29) is 12.6 Å². The first-order valence-corrected chi connectivity index (χ1v) is 5.26. The lowest BCUT2D eigenvalue weighted by atomic mass is 10.2. The quantitative estimate of drug-likeness (QED) is 0.666. The van der Waals surface area contributed by atoms with Crippen LogP contribution in [0.4, 0.5) is 11.5 Å². The van der Waals surface area contributed by atoms with Crippen molar-refractivity contribution in [3.63, 3.8) is 0 Å². The zero-order chi connectivity index (χ0) is 12.0. The number of anilines is 2. The minimum Gasteiger partial charge on any atom is -0.397 e. The molecule has 1 heterocycles. The molecule has 5 nitrogen and oxygen atoms in total. The van der Waals surface area contributed by atoms with Gasteiger partial charge in [-0.25, -0.2) is 4.98 Å². The van der Waals surface area contributed by atoms with E-state index in [1.165, 1.54) is 0 Å². The van der Waals surface area contributed by atoms with Gasteiger partial charge in [-0.1, -0.05) is 0 Å². The summed E-state index contributed by atoms with van der Waals surface area (Å²) in [6.07, 6.45) is 0.624. The average molecular weight is 225 g/mol. The lowest BCUT2D eigenvalue weighted by Gasteiger charge is -2.17. The molecule has 0 spiro atoms. The third-order valence-electron chi connectivity index (χ3n) is 2.32. The highest BCUT2D eigenvalue weighted by atomic mass is 16.5. The Morgan fingerprint density at radius 3 is 2.88 bits per heavy atom. The van der Waals surface area contributed by atoms with Crippen LogP contribution in [-0.4, -0.2) is 36.5 Å². The van der Waals surface area contributed by atoms with E-state index < -0.39 is 0 Å². The van der Waals surface area contributed by atoms with Crippen LogP contribution in [0, 0.1) is 6.92 Å². The number of rotatable bonds is 6. The Kier molecular flexibility index (Phi) is 5.01. The number of aromatic nitrogens is 1. The number of nitrogens with one attached hydrogen (secondary N) is 1. The van der Waals surface area contributed by atoms with Crippen molar-refractivity contribution in [2.45, 2.75) is 19.4 Å². The molecule has 0 fully saturated rings. The summed E-state index contributed by atoms with van der Waals surface area (Å²) in [7, 11) is 1.63. The van der Waals surface area contributed by atoms with Crippen molar-refractivity contribution in [1.82, 2.24) is 4.98 Å². The molecule has 0 amide bonds. The second-order valence-corrected chi connectivity index (χ2v) is 3.68. The molecule has 0 aromatic carbocycles. The van der Waals surface area contributed by atoms with Crippen molar-refractivity contribution in [2.75, 3.05) is 31.4 Å². The summed E-state index contributed by atoms with van der Waals surface area (Å²) < 4.78 is 5.06. The molecule has 5 heteroatoms. The van der Waals surface area contributed by atoms with Gasteiger partial charge >= 0.3 is 0 Å². The molecule has 1 unspecified atom stereocenters. The van der Waals surface area contributed by atoms with Crippen LogP contribution in [0.2, 0.25) is 0 Å². The van der Waals surface area contributed by atoms with E-state index in [9.17, 15) is 0 Å². The lowest BCUT2D eigenvalue weighted by molar-refractivity contribution is 0.170. The van der Waals surface area contributed by atoms with Crippen LogP contribution in [0.3, 0.4) is 0 Å². The number of aryl methyl sites for hydroxylation is 1. The van der Waals surface area contributed by atoms with E-state index in [1.807, 2.05) is 19.1 Å². The van der Waals surface area contributed by atoms with Crippen LogP contribution in [0.5, 0.6) is 0 Å². The Morgan fingerprint density at radius 2 is 2.31 bits per heavy atom. The first kappa shape index (κ1) is 12.7. The molecule has 1 rings (SSSR count). The highest BCUT2D eigenvalue weighted by molar-refractivity contribution is 5.49. The van der Waals surface area contributed by atoms with Crippen molar-refractivity contribution in [1.29, 1.82) is 0 Å². The van der Waals surface area contributed by atoms with Gasteiger partial charge in [-0.05, 0) is 25.5 Å². The third kappa shape index (κ3) is 3.67. The third-order valence-corrected chi connectivity index (χ3v) is 2.32. The number of aliphatic hydroxyl groups is 1. The molecule has 0 bridgehead atoms. The van der Waals surface area contributed by atoms with Gasteiger partial charge in [0, 0.05) is 13.7 Å². The fourth-order valence-electron chi connectivity index (χ4n) is 1.42. The monoisotopic (exact) mass is 225 g/mol. The molecule has 1 atom stereocenters. The van der Waals surface area contributed by atoms with Gasteiger partial charge < -0.3 is 20.9 Å². The molecule has 0 aliphatic carbocycles. The van der Waals surface area contributed by atoms with Crippen LogP contribution >= 0.6 is 0 Å². The Labute approximate surface area is 95.6 Å². The maximum absolute atomic E-state index is 8.90. The van der Waals surface area contributed by atoms with Crippen molar-refractivity contribution >= 4 is 11.5 Å². The molecule has 0 aliphatic rings. The summed E-state index contributed by atoms with van der Waals surface area (Å²) in [4.78, 5) is 4.30. The Hall–Kier alpha value is -1.33. The highest BCUT2D eigenvalue weighted by Gasteiger charge is 2.08. The molecule has 90 valence electrons. The van der Waals surface area contributed by atoms with Crippen LogP contribution < -0.4 is 11.1 Å². The van der Waals surface area contributed by atoms with Gasteiger partial charge in [0.1, 0.15) is 5.82 Å². The Bertz CT molecular complexity index is 325. The maximum atomic E-state index is 8.90. The minimum atomic E-state index is 0.0607. The Balaban J connectivity index is 2.65. The van der Waals surface area contributed by atoms with E-state index >= 15 is 0 Å². The number of hydrogen-bond acceptors (Lipinski definition) is 5. The fraction of sp³-hybridized carbons (Fsp3) is 0.545. The highest BCUT2D eigenvalue weighted by Crippen LogP contribution is 2.13. The van der Waals surface area contributed by atoms with Gasteiger partial charge in [-0.2, -0.15) is 0 Å². The molecule has 0 saturated heterocycles. The minimum absolute atomic E-state index is 0.0607. The molecule has 0 radical (unpaired) electrons. The SMILES string of the molecule is COCC(CCO)Nc1ccc(N)c(C)n1. The molecule has 1 aromatic rings. The number of nitrogen functional groups attached to an aromatic ring is 1. The molecule has 16 heavy (non-hydrogen) atoms. The summed E-state index contributed by atoms with van der Waals surface area (Å²) in [5.74, 6) is 0.752. The van der Waals surface area contributed by atoms with Crippen LogP contribution in [0.25, 0.3) is 0 Å². The molecule has 1 aromatic heterocycles. The number of aliphatic hydroxyl groups excluding tert-OH is 1. The number of pyridine rings is 1. The van der Waals surface area contributed by atoms with Gasteiger partial charge in [0.05, 0.1) is 24.0 Å². The van der Waals surface area contributed by atoms with E-state index in [4.69, 9.17) is 15.6 Å². The first-order chi connectivity index (χ1) is 7.67. The van der Waals surface area contributed by atoms with Crippen LogP contribution in [0.1, 0.15) is 12.1 Å². The number of hydrogen-bond donors (Lipinski definition) is 3. The molecular weight excluding hydrogens is 206 g/mol. The Morgan fingerprint density at radius 1 is 1.56 bits per heavy atom. The topological polar surface area (TPSA) is 80.4 Å². The normalized spacial score (nSPS) is 12.4. The standard InChI is InChI=1S/C11H19N3O2/c1-8-10(12)3-4-11(13-8)14-9(5-6-15)7-16-2/h3-4,9,15H,5-7,12H2,1-2H3,(H,13,14). The summed E-state index contributed by atoms with van der Waals surface area (Å²) in [6.45, 7) is 2.51. The average Bonchev–Trinajstić information content (AvgIpc) is 2.24. The van der Waals surface area contributed by atoms with E-state index in [0.29, 0.717) is 18.7 Å². The van der Waals surface area contributed by atoms with Crippen LogP contribution in [-0.2, 0) is 4.74 Å². The van der Waals surface area contributed by atoms with Crippen molar-refractivity contribution in [3.8, 4) is 0 Å². The summed E-state index contributed by atoms with van der Waals surface area (Å²) in [5.41, 5.74) is 7.16. The van der Waals surface area contributed by atoms with Crippen molar-refractivity contribution in [2.24, 2.45) is 0 Å². The lowest BCUT2D eigenvalue weighted by Crippen LogP contribution is -2.26. The number of ether oxygens (including phenoxy) is 1. The predicted molar refractivity (Wildman–Crippen MR) is 64.4 cm³/mol. The zero-order valence-corrected chi connectivity index (χ0v) is 9.73. The van der Waals surface area contributed by atoms with Gasteiger partial charge in [-0.3, -0.25) is 0 Å². The van der Waals surface area contributed by atoms with Gasteiger partial charge in [0.15, 0.2) is 0 Å². The molecule has 4 N–H and O–H groups in total. The summed E-state index contributed by atoms with van der Waals surface area (Å²) in [5, 5.41) is 12.1. The van der Waals surface area contributed by atoms with E-state index in [1.54, 1.807) is 7.11 Å². The summed E-state index contributed by atoms with van der Waals surface area (Å²) in [6, 6.07) is 3.70. The molecule has 0 saturated carbocycles. The van der Waals surface area contributed by atoms with Gasteiger partial charge in [-0.15, -0.1) is 0 Å². The van der Waals surface area contributed by atoms with E-state index in [2.05, 4.69) is 10.3 Å². The summed E-state index contributed by atoms with van der Waals surface area (Å²) >= 11 is 0. The zero-order valence-electron chi connectivity index (χ0n) is 9.73. The number of methoxy groups -OCH3 is 1. The number of nitrogens with two attached hydrogens (primary N) is 1. The van der Waals surface area contributed by atoms with Crippen molar-refractivity contribution < 1.29 is 9.84 Å². The molecular formula is C11H19N3O2. The smallest absolute Gasteiger partial charge is 0.126 e. The van der Waals surface area contributed by atoms with E-state index in [0.717, 1.165) is 11.5 Å². The first-order valence-electron chi connectivity index (χ1n) is 5.26.